The van der Waals surface area contributed by atoms with E-state index in [9.17, 15) is 23.4 Å². The second-order valence-corrected chi connectivity index (χ2v) is 10.6. The van der Waals surface area contributed by atoms with Gasteiger partial charge in [-0.25, -0.2) is 14.8 Å². The molecular formula is C24H28F3N5O5. The molecule has 1 unspecified atom stereocenters. The molecule has 3 aromatic rings. The van der Waals surface area contributed by atoms with Gasteiger partial charge in [0.2, 0.25) is 0 Å². The summed E-state index contributed by atoms with van der Waals surface area (Å²) in [7, 11) is 0. The van der Waals surface area contributed by atoms with Crippen molar-refractivity contribution in [1.29, 1.82) is 0 Å². The van der Waals surface area contributed by atoms with Gasteiger partial charge in [-0.2, -0.15) is 13.2 Å². The van der Waals surface area contributed by atoms with Crippen LogP contribution in [0.2, 0.25) is 0 Å². The molecule has 2 fully saturated rings. The van der Waals surface area contributed by atoms with Crippen LogP contribution in [0, 0.1) is 5.92 Å². The normalized spacial score (nSPS) is 23.4. The van der Waals surface area contributed by atoms with E-state index in [1.807, 2.05) is 13.8 Å². The highest BCUT2D eigenvalue weighted by molar-refractivity contribution is 6.02. The SMILES string of the molecule is CC(C)(O)C1CC(n2c3c(c4c(N)ncnc42)-c2noc(C4CC4)c2C(O)CC3)C1.O=C(O)C(F)(F)F. The summed E-state index contributed by atoms with van der Waals surface area (Å²) >= 11 is 0. The number of hydrogen-bond donors (Lipinski definition) is 4. The van der Waals surface area contributed by atoms with Crippen LogP contribution in [0.1, 0.15) is 81.0 Å². The first-order chi connectivity index (χ1) is 17.3. The molecule has 200 valence electrons. The predicted molar refractivity (Wildman–Crippen MR) is 124 cm³/mol. The van der Waals surface area contributed by atoms with E-state index in [2.05, 4.69) is 19.7 Å². The second kappa shape index (κ2) is 8.69. The molecule has 0 aromatic carbocycles. The van der Waals surface area contributed by atoms with Crippen molar-refractivity contribution in [3.8, 4) is 11.3 Å². The summed E-state index contributed by atoms with van der Waals surface area (Å²) in [4.78, 5) is 17.8. The van der Waals surface area contributed by atoms with E-state index < -0.39 is 23.9 Å². The molecule has 10 nitrogen and oxygen atoms in total. The lowest BCUT2D eigenvalue weighted by Crippen LogP contribution is -2.41. The first-order valence-corrected chi connectivity index (χ1v) is 12.1. The highest BCUT2D eigenvalue weighted by atomic mass is 19.4. The Morgan fingerprint density at radius 3 is 2.41 bits per heavy atom. The maximum Gasteiger partial charge on any atom is 0.490 e. The van der Waals surface area contributed by atoms with Gasteiger partial charge in [0, 0.05) is 23.2 Å². The van der Waals surface area contributed by atoms with Gasteiger partial charge in [-0.1, -0.05) is 5.16 Å². The minimum Gasteiger partial charge on any atom is -0.475 e. The third kappa shape index (κ3) is 4.43. The Kier molecular flexibility index (Phi) is 5.98. The van der Waals surface area contributed by atoms with Gasteiger partial charge < -0.3 is 30.1 Å². The number of carbonyl (C=O) groups is 1. The average molecular weight is 524 g/mol. The third-order valence-corrected chi connectivity index (χ3v) is 7.56. The van der Waals surface area contributed by atoms with Crippen LogP contribution in [0.25, 0.3) is 22.3 Å². The number of fused-ring (bicyclic) bond motifs is 5. The number of aliphatic hydroxyl groups excluding tert-OH is 1. The number of aliphatic hydroxyl groups is 2. The topological polar surface area (TPSA) is 161 Å². The standard InChI is InChI=1S/C22H27N5O3.C2HF3O2/c1-22(2,29)11-7-12(8-11)27-13-5-6-14(28)16-18(26-30-19(16)10-3-4-10)15(13)17-20(23)24-9-25-21(17)27;3-2(4,5)1(6)7/h9-12,14,28-29H,3-8H2,1-2H3,(H2,23,24,25);(H,6,7). The Morgan fingerprint density at radius 2 is 1.84 bits per heavy atom. The zero-order chi connectivity index (χ0) is 26.9. The van der Waals surface area contributed by atoms with Gasteiger partial charge in [0.25, 0.3) is 0 Å². The lowest BCUT2D eigenvalue weighted by molar-refractivity contribution is -0.192. The van der Waals surface area contributed by atoms with E-state index in [4.69, 9.17) is 20.2 Å². The molecule has 0 bridgehead atoms. The molecule has 3 aliphatic rings. The molecule has 13 heteroatoms. The van der Waals surface area contributed by atoms with Crippen LogP contribution >= 0.6 is 0 Å². The van der Waals surface area contributed by atoms with Crippen LogP contribution in [0.3, 0.4) is 0 Å². The van der Waals surface area contributed by atoms with E-state index in [1.54, 1.807) is 0 Å². The fourth-order valence-electron chi connectivity index (χ4n) is 5.34. The molecule has 0 spiro atoms. The van der Waals surface area contributed by atoms with Crippen molar-refractivity contribution in [2.75, 3.05) is 5.73 Å². The number of carboxylic acid groups (broad SMARTS) is 1. The van der Waals surface area contributed by atoms with Crippen molar-refractivity contribution in [2.24, 2.45) is 5.92 Å². The maximum absolute atomic E-state index is 11.0. The first-order valence-electron chi connectivity index (χ1n) is 12.1. The number of anilines is 1. The van der Waals surface area contributed by atoms with Crippen LogP contribution in [-0.2, 0) is 11.2 Å². The van der Waals surface area contributed by atoms with E-state index in [-0.39, 0.29) is 12.0 Å². The number of nitrogen functional groups attached to an aromatic ring is 1. The number of nitrogens with zero attached hydrogens (tertiary/aromatic N) is 4. The van der Waals surface area contributed by atoms with Crippen LogP contribution in [-0.4, -0.2) is 52.8 Å². The van der Waals surface area contributed by atoms with Gasteiger partial charge in [0.1, 0.15) is 29.2 Å². The quantitative estimate of drug-likeness (QED) is 0.399. The number of alkyl halides is 3. The number of aliphatic carboxylic acids is 1. The van der Waals surface area contributed by atoms with Crippen molar-refractivity contribution in [1.82, 2.24) is 19.7 Å². The molecule has 5 N–H and O–H groups in total. The monoisotopic (exact) mass is 523 g/mol. The molecule has 0 amide bonds. The molecule has 3 aliphatic carbocycles. The molecule has 2 saturated carbocycles. The number of aromatic nitrogens is 4. The number of hydrogen-bond acceptors (Lipinski definition) is 8. The highest BCUT2D eigenvalue weighted by Crippen LogP contribution is 2.53. The molecular weight excluding hydrogens is 495 g/mol. The summed E-state index contributed by atoms with van der Waals surface area (Å²) in [5, 5.41) is 33.7. The van der Waals surface area contributed by atoms with Crippen molar-refractivity contribution < 1.29 is 37.8 Å². The zero-order valence-corrected chi connectivity index (χ0v) is 20.3. The van der Waals surface area contributed by atoms with E-state index in [0.717, 1.165) is 59.3 Å². The second-order valence-electron chi connectivity index (χ2n) is 10.6. The van der Waals surface area contributed by atoms with Crippen molar-refractivity contribution >= 4 is 22.8 Å². The molecule has 37 heavy (non-hydrogen) atoms. The van der Waals surface area contributed by atoms with E-state index in [1.165, 1.54) is 6.33 Å². The predicted octanol–water partition coefficient (Wildman–Crippen LogP) is 3.88. The molecule has 6 rings (SSSR count). The Bertz CT molecular complexity index is 1350. The molecule has 0 radical (unpaired) electrons. The number of rotatable bonds is 3. The Labute approximate surface area is 209 Å². The minimum atomic E-state index is -5.08. The molecule has 0 saturated heterocycles. The fraction of sp³-hybridized carbons (Fsp3) is 0.583. The molecule has 0 aliphatic heterocycles. The van der Waals surface area contributed by atoms with Crippen molar-refractivity contribution in [3.05, 3.63) is 23.3 Å². The molecule has 3 heterocycles. The van der Waals surface area contributed by atoms with Gasteiger partial charge in [-0.3, -0.25) is 0 Å². The molecule has 3 aromatic heterocycles. The van der Waals surface area contributed by atoms with Gasteiger partial charge in [0.05, 0.1) is 22.7 Å². The van der Waals surface area contributed by atoms with Crippen LogP contribution in [0.15, 0.2) is 10.9 Å². The lowest BCUT2D eigenvalue weighted by atomic mass is 9.71. The third-order valence-electron chi connectivity index (χ3n) is 7.56. The van der Waals surface area contributed by atoms with Crippen molar-refractivity contribution in [2.45, 2.75) is 82.2 Å². The number of nitrogens with two attached hydrogens (primary N) is 1. The zero-order valence-electron chi connectivity index (χ0n) is 20.3. The summed E-state index contributed by atoms with van der Waals surface area (Å²) in [6.45, 7) is 3.75. The largest absolute Gasteiger partial charge is 0.490 e. The Hall–Kier alpha value is -3.19. The summed E-state index contributed by atoms with van der Waals surface area (Å²) < 4.78 is 39.7. The van der Waals surface area contributed by atoms with Gasteiger partial charge in [0.15, 0.2) is 0 Å². The highest BCUT2D eigenvalue weighted by Gasteiger charge is 2.44. The van der Waals surface area contributed by atoms with Crippen molar-refractivity contribution in [3.63, 3.8) is 0 Å². The van der Waals surface area contributed by atoms with Gasteiger partial charge in [-0.15, -0.1) is 0 Å². The summed E-state index contributed by atoms with van der Waals surface area (Å²) in [6, 6.07) is 0.232. The smallest absolute Gasteiger partial charge is 0.475 e. The first kappa shape index (κ1) is 25.5. The van der Waals surface area contributed by atoms with E-state index in [0.29, 0.717) is 30.3 Å². The van der Waals surface area contributed by atoms with Crippen LogP contribution in [0.4, 0.5) is 19.0 Å². The minimum absolute atomic E-state index is 0.232. The maximum atomic E-state index is 11.0. The average Bonchev–Trinajstić information content (AvgIpc) is 3.45. The van der Waals surface area contributed by atoms with Gasteiger partial charge >= 0.3 is 12.1 Å². The summed E-state index contributed by atoms with van der Waals surface area (Å²) in [5.41, 5.74) is 9.98. The number of halogens is 3. The van der Waals surface area contributed by atoms with Gasteiger partial charge in [-0.05, 0) is 58.3 Å². The summed E-state index contributed by atoms with van der Waals surface area (Å²) in [6.07, 6.45) is 1.05. The molecule has 1 atom stereocenters. The fourth-order valence-corrected chi connectivity index (χ4v) is 5.34. The van der Waals surface area contributed by atoms with Crippen LogP contribution in [0.5, 0.6) is 0 Å². The Balaban J connectivity index is 0.000000355. The Morgan fingerprint density at radius 1 is 1.19 bits per heavy atom. The number of carboxylic acids is 1. The van der Waals surface area contributed by atoms with Crippen LogP contribution < -0.4 is 5.73 Å². The lowest BCUT2D eigenvalue weighted by Gasteiger charge is -2.44. The summed E-state index contributed by atoms with van der Waals surface area (Å²) in [5.74, 6) is -0.902. The van der Waals surface area contributed by atoms with E-state index >= 15 is 0 Å².